The molecule has 4 rings (SSSR count). The Bertz CT molecular complexity index is 871. The zero-order valence-corrected chi connectivity index (χ0v) is 14.6. The monoisotopic (exact) mass is 359 g/mol. The van der Waals surface area contributed by atoms with Gasteiger partial charge in [-0.1, -0.05) is 40.5 Å². The van der Waals surface area contributed by atoms with E-state index < -0.39 is 5.60 Å². The minimum absolute atomic E-state index is 0.222. The lowest BCUT2D eigenvalue weighted by Crippen LogP contribution is -2.22. The van der Waals surface area contributed by atoms with Crippen LogP contribution >= 0.6 is 23.2 Å². The first-order valence-corrected chi connectivity index (χ1v) is 8.58. The molecule has 2 aromatic rings. The van der Waals surface area contributed by atoms with E-state index in [9.17, 15) is 4.79 Å². The van der Waals surface area contributed by atoms with Crippen molar-refractivity contribution in [2.45, 2.75) is 31.8 Å². The molecule has 24 heavy (non-hydrogen) atoms. The number of carbonyl (C=O) groups is 1. The van der Waals surface area contributed by atoms with Crippen LogP contribution in [-0.4, -0.2) is 11.5 Å². The molecule has 3 nitrogen and oxygen atoms in total. The number of halogens is 2. The molecule has 0 saturated carbocycles. The number of aryl methyl sites for hydroxylation is 1. The Balaban J connectivity index is 1.63. The summed E-state index contributed by atoms with van der Waals surface area (Å²) in [7, 11) is 0. The summed E-state index contributed by atoms with van der Waals surface area (Å²) in [6.45, 7) is 1.97. The number of hydrogen-bond donors (Lipinski definition) is 0. The third-order valence-electron chi connectivity index (χ3n) is 4.70. The fourth-order valence-corrected chi connectivity index (χ4v) is 3.87. The van der Waals surface area contributed by atoms with Crippen LogP contribution in [-0.2, 0) is 16.9 Å². The number of nitrogens with zero attached hydrogens (tertiary/aromatic N) is 1. The van der Waals surface area contributed by atoms with Crippen molar-refractivity contribution in [3.63, 3.8) is 0 Å². The summed E-state index contributed by atoms with van der Waals surface area (Å²) >= 11 is 12.2. The van der Waals surface area contributed by atoms with Gasteiger partial charge in [0.15, 0.2) is 11.4 Å². The van der Waals surface area contributed by atoms with Crippen LogP contribution in [0.4, 0.5) is 0 Å². The van der Waals surface area contributed by atoms with Gasteiger partial charge >= 0.3 is 0 Å². The number of rotatable bonds is 2. The van der Waals surface area contributed by atoms with Crippen LogP contribution in [0.2, 0.25) is 10.0 Å². The van der Waals surface area contributed by atoms with E-state index in [1.807, 2.05) is 31.2 Å². The van der Waals surface area contributed by atoms with E-state index in [1.54, 1.807) is 6.07 Å². The Labute approximate surface area is 150 Å². The zero-order valence-electron chi connectivity index (χ0n) is 13.1. The molecular formula is C19H15Cl2NO2. The Hall–Kier alpha value is -1.84. The van der Waals surface area contributed by atoms with E-state index in [2.05, 4.69) is 11.2 Å². The molecule has 0 fully saturated rings. The first-order chi connectivity index (χ1) is 11.4. The number of carbonyl (C=O) groups excluding carboxylic acids is 1. The molecule has 2 aliphatic rings. The van der Waals surface area contributed by atoms with Crippen LogP contribution in [0.3, 0.4) is 0 Å². The highest BCUT2D eigenvalue weighted by atomic mass is 35.5. The second-order valence-electron chi connectivity index (χ2n) is 6.49. The molecule has 1 unspecified atom stereocenters. The van der Waals surface area contributed by atoms with Crippen molar-refractivity contribution in [3.8, 4) is 0 Å². The SMILES string of the molecule is CC1(c2cc(Cl)cc(Cl)c2)CC(c2ccc3c(c2)CCC3=O)=NO1. The second kappa shape index (κ2) is 5.61. The minimum atomic E-state index is -0.599. The molecule has 0 amide bonds. The van der Waals surface area contributed by atoms with E-state index >= 15 is 0 Å². The van der Waals surface area contributed by atoms with Crippen molar-refractivity contribution in [2.24, 2.45) is 5.16 Å². The van der Waals surface area contributed by atoms with Gasteiger partial charge in [-0.25, -0.2) is 0 Å². The van der Waals surface area contributed by atoms with Crippen LogP contribution in [0.15, 0.2) is 41.6 Å². The number of hydrogen-bond acceptors (Lipinski definition) is 3. The third kappa shape index (κ3) is 2.62. The largest absolute Gasteiger partial charge is 0.384 e. The summed E-state index contributed by atoms with van der Waals surface area (Å²) in [5, 5.41) is 5.44. The van der Waals surface area contributed by atoms with Crippen LogP contribution in [0, 0.1) is 0 Å². The topological polar surface area (TPSA) is 38.7 Å². The molecule has 5 heteroatoms. The average Bonchev–Trinajstić information content (AvgIpc) is 3.11. The van der Waals surface area contributed by atoms with Crippen LogP contribution in [0.5, 0.6) is 0 Å². The van der Waals surface area contributed by atoms with Gasteiger partial charge in [-0.3, -0.25) is 4.79 Å². The summed E-state index contributed by atoms with van der Waals surface area (Å²) in [4.78, 5) is 17.5. The fraction of sp³-hybridized carbons (Fsp3) is 0.263. The highest BCUT2D eigenvalue weighted by Gasteiger charge is 2.37. The van der Waals surface area contributed by atoms with Crippen molar-refractivity contribution >= 4 is 34.7 Å². The molecule has 2 aromatic carbocycles. The lowest BCUT2D eigenvalue weighted by molar-refractivity contribution is -0.00737. The number of fused-ring (bicyclic) bond motifs is 1. The lowest BCUT2D eigenvalue weighted by Gasteiger charge is -2.22. The molecular weight excluding hydrogens is 345 g/mol. The van der Waals surface area contributed by atoms with Gasteiger partial charge in [-0.15, -0.1) is 0 Å². The van der Waals surface area contributed by atoms with E-state index in [-0.39, 0.29) is 5.78 Å². The van der Waals surface area contributed by atoms with E-state index in [0.29, 0.717) is 22.9 Å². The molecule has 0 aromatic heterocycles. The van der Waals surface area contributed by atoms with Crippen molar-refractivity contribution in [1.29, 1.82) is 0 Å². The summed E-state index contributed by atoms with van der Waals surface area (Å²) in [6.07, 6.45) is 2.02. The predicted octanol–water partition coefficient (Wildman–Crippen LogP) is 5.16. The van der Waals surface area contributed by atoms with Crippen LogP contribution in [0.1, 0.15) is 46.8 Å². The first-order valence-electron chi connectivity index (χ1n) is 7.83. The first kappa shape index (κ1) is 15.7. The molecule has 1 aliphatic heterocycles. The van der Waals surface area contributed by atoms with Gasteiger partial charge in [-0.05, 0) is 48.7 Å². The molecule has 0 N–H and O–H groups in total. The minimum Gasteiger partial charge on any atom is -0.384 e. The Kier molecular flexibility index (Phi) is 3.66. The van der Waals surface area contributed by atoms with Gasteiger partial charge in [0.1, 0.15) is 0 Å². The standard InChI is InChI=1S/C19H15Cl2NO2/c1-19(13-7-14(20)9-15(21)8-13)10-17(22-24-19)12-2-4-16-11(6-12)3-5-18(16)23/h2,4,6-9H,3,5,10H2,1H3. The second-order valence-corrected chi connectivity index (χ2v) is 7.36. The Morgan fingerprint density at radius 2 is 1.83 bits per heavy atom. The molecule has 1 atom stereocenters. The zero-order chi connectivity index (χ0) is 16.9. The van der Waals surface area contributed by atoms with Gasteiger partial charge in [0.25, 0.3) is 0 Å². The molecule has 1 aliphatic carbocycles. The summed E-state index contributed by atoms with van der Waals surface area (Å²) in [6, 6.07) is 11.3. The Morgan fingerprint density at radius 1 is 1.08 bits per heavy atom. The smallest absolute Gasteiger partial charge is 0.165 e. The maximum absolute atomic E-state index is 11.8. The molecule has 0 spiro atoms. The van der Waals surface area contributed by atoms with Crippen molar-refractivity contribution in [1.82, 2.24) is 0 Å². The molecule has 0 saturated heterocycles. The van der Waals surface area contributed by atoms with Crippen molar-refractivity contribution in [3.05, 3.63) is 68.7 Å². The maximum atomic E-state index is 11.8. The molecule has 1 heterocycles. The van der Waals surface area contributed by atoms with Crippen LogP contribution < -0.4 is 0 Å². The summed E-state index contributed by atoms with van der Waals surface area (Å²) in [5.74, 6) is 0.222. The van der Waals surface area contributed by atoms with Gasteiger partial charge < -0.3 is 4.84 Å². The predicted molar refractivity (Wildman–Crippen MR) is 95.1 cm³/mol. The molecule has 122 valence electrons. The van der Waals surface area contributed by atoms with E-state index in [4.69, 9.17) is 28.0 Å². The van der Waals surface area contributed by atoms with Gasteiger partial charge in [-0.2, -0.15) is 0 Å². The van der Waals surface area contributed by atoms with Crippen molar-refractivity contribution in [2.75, 3.05) is 0 Å². The number of oxime groups is 1. The number of benzene rings is 2. The Morgan fingerprint density at radius 3 is 2.58 bits per heavy atom. The highest BCUT2D eigenvalue weighted by molar-refractivity contribution is 6.34. The van der Waals surface area contributed by atoms with E-state index in [1.165, 1.54) is 0 Å². The van der Waals surface area contributed by atoms with Crippen molar-refractivity contribution < 1.29 is 9.63 Å². The van der Waals surface area contributed by atoms with Gasteiger partial charge in [0, 0.05) is 34.0 Å². The molecule has 0 bridgehead atoms. The summed E-state index contributed by atoms with van der Waals surface area (Å²) in [5.41, 5.74) is 4.10. The fourth-order valence-electron chi connectivity index (χ4n) is 3.34. The maximum Gasteiger partial charge on any atom is 0.165 e. The summed E-state index contributed by atoms with van der Waals surface area (Å²) < 4.78 is 0. The third-order valence-corrected chi connectivity index (χ3v) is 5.13. The van der Waals surface area contributed by atoms with E-state index in [0.717, 1.165) is 34.4 Å². The van der Waals surface area contributed by atoms with Crippen LogP contribution in [0.25, 0.3) is 0 Å². The lowest BCUT2D eigenvalue weighted by atomic mass is 9.88. The average molecular weight is 360 g/mol. The quantitative estimate of drug-likeness (QED) is 0.742. The number of ketones is 1. The highest BCUT2D eigenvalue weighted by Crippen LogP contribution is 2.38. The normalized spacial score (nSPS) is 22.3. The van der Waals surface area contributed by atoms with Gasteiger partial charge in [0.2, 0.25) is 0 Å². The van der Waals surface area contributed by atoms with Gasteiger partial charge in [0.05, 0.1) is 5.71 Å². The number of Topliss-reactive ketones (excluding diaryl/α,β-unsaturated/α-hetero) is 1. The molecule has 0 radical (unpaired) electrons.